The zero-order valence-corrected chi connectivity index (χ0v) is 15.3. The normalized spacial score (nSPS) is 16.5. The third kappa shape index (κ3) is 7.59. The molecule has 2 rings (SSSR count). The minimum absolute atomic E-state index is 0.169. The SMILES string of the molecule is CNC(c1c(OC(F)(F)F)c(OC(F)(F)F)cc(OC(F)(F)F)c1OC(F)(F)F)C1CC1. The third-order valence-electron chi connectivity index (χ3n) is 3.80. The Labute approximate surface area is 170 Å². The highest BCUT2D eigenvalue weighted by Gasteiger charge is 2.47. The van der Waals surface area contributed by atoms with Crippen LogP contribution in [0.25, 0.3) is 0 Å². The first-order valence-electron chi connectivity index (χ1n) is 8.21. The first-order chi connectivity index (χ1) is 14.3. The van der Waals surface area contributed by atoms with Crippen molar-refractivity contribution in [1.29, 1.82) is 0 Å². The number of benzene rings is 1. The molecule has 1 fully saturated rings. The number of ether oxygens (including phenoxy) is 4. The van der Waals surface area contributed by atoms with Crippen molar-refractivity contribution < 1.29 is 71.6 Å². The first-order valence-corrected chi connectivity index (χ1v) is 8.21. The maximum Gasteiger partial charge on any atom is 0.573 e. The van der Waals surface area contributed by atoms with Crippen LogP contribution < -0.4 is 24.3 Å². The van der Waals surface area contributed by atoms with E-state index in [4.69, 9.17) is 0 Å². The summed E-state index contributed by atoms with van der Waals surface area (Å²) in [6.07, 6.45) is -22.7. The van der Waals surface area contributed by atoms with Gasteiger partial charge < -0.3 is 24.3 Å². The van der Waals surface area contributed by atoms with Crippen LogP contribution in [0.2, 0.25) is 0 Å². The van der Waals surface area contributed by atoms with Crippen molar-refractivity contribution in [3.8, 4) is 23.0 Å². The summed E-state index contributed by atoms with van der Waals surface area (Å²) in [5, 5.41) is 2.24. The first kappa shape index (κ1) is 25.8. The van der Waals surface area contributed by atoms with Crippen LogP contribution in [-0.2, 0) is 0 Å². The van der Waals surface area contributed by atoms with Gasteiger partial charge in [0.1, 0.15) is 0 Å². The minimum Gasteiger partial charge on any atom is -0.402 e. The summed E-state index contributed by atoms with van der Waals surface area (Å²) >= 11 is 0. The van der Waals surface area contributed by atoms with Gasteiger partial charge in [0.2, 0.25) is 0 Å². The van der Waals surface area contributed by atoms with Crippen molar-refractivity contribution in [3.05, 3.63) is 11.6 Å². The van der Waals surface area contributed by atoms with E-state index in [0.717, 1.165) is 7.05 Å². The van der Waals surface area contributed by atoms with Crippen molar-refractivity contribution in [2.45, 2.75) is 44.3 Å². The molecule has 1 aliphatic carbocycles. The standard InChI is InChI=1S/C15H11F12NO4/c1-28-9(5-2-3-5)8-10(31-14(22,23)24)6(29-12(16,17)18)4-7(30-13(19,20)21)11(8)32-15(25,26)27/h4-5,9,28H,2-3H2,1H3. The third-order valence-corrected chi connectivity index (χ3v) is 3.80. The Balaban J connectivity index is 2.91. The van der Waals surface area contributed by atoms with Crippen molar-refractivity contribution >= 4 is 0 Å². The van der Waals surface area contributed by atoms with Crippen molar-refractivity contribution in [3.63, 3.8) is 0 Å². The maximum absolute atomic E-state index is 12.9. The molecule has 1 N–H and O–H groups in total. The van der Waals surface area contributed by atoms with Gasteiger partial charge in [0.25, 0.3) is 0 Å². The van der Waals surface area contributed by atoms with Gasteiger partial charge in [-0.2, -0.15) is 0 Å². The molecule has 1 unspecified atom stereocenters. The zero-order chi connectivity index (χ0) is 24.7. The van der Waals surface area contributed by atoms with Gasteiger partial charge in [-0.3, -0.25) is 0 Å². The molecule has 1 aromatic rings. The van der Waals surface area contributed by atoms with E-state index in [2.05, 4.69) is 24.3 Å². The van der Waals surface area contributed by atoms with Gasteiger partial charge in [0, 0.05) is 12.1 Å². The van der Waals surface area contributed by atoms with Gasteiger partial charge in [-0.1, -0.05) is 0 Å². The largest absolute Gasteiger partial charge is 0.573 e. The molecule has 184 valence electrons. The van der Waals surface area contributed by atoms with E-state index in [9.17, 15) is 52.7 Å². The number of halogens is 12. The fraction of sp³-hybridized carbons (Fsp3) is 0.600. The highest BCUT2D eigenvalue weighted by Crippen LogP contribution is 2.56. The van der Waals surface area contributed by atoms with Crippen LogP contribution in [0.5, 0.6) is 23.0 Å². The molecule has 0 aromatic heterocycles. The molecule has 1 aromatic carbocycles. The molecule has 32 heavy (non-hydrogen) atoms. The minimum atomic E-state index is -5.78. The molecule has 0 saturated heterocycles. The van der Waals surface area contributed by atoms with Crippen LogP contribution in [0.3, 0.4) is 0 Å². The lowest BCUT2D eigenvalue weighted by Gasteiger charge is -2.27. The fourth-order valence-corrected chi connectivity index (χ4v) is 2.79. The van der Waals surface area contributed by atoms with Gasteiger partial charge in [-0.05, 0) is 25.8 Å². The predicted molar refractivity (Wildman–Crippen MR) is 77.7 cm³/mol. The topological polar surface area (TPSA) is 49.0 Å². The van der Waals surface area contributed by atoms with Crippen LogP contribution in [-0.4, -0.2) is 32.5 Å². The Hall–Kier alpha value is -2.46. The summed E-state index contributed by atoms with van der Waals surface area (Å²) in [6, 6.07) is -2.15. The van der Waals surface area contributed by atoms with E-state index in [-0.39, 0.29) is 12.8 Å². The summed E-state index contributed by atoms with van der Waals surface area (Å²) in [7, 11) is 0.999. The number of hydrogen-bond donors (Lipinski definition) is 1. The number of hydrogen-bond acceptors (Lipinski definition) is 5. The van der Waals surface area contributed by atoms with E-state index in [1.165, 1.54) is 0 Å². The van der Waals surface area contributed by atoms with E-state index in [1.807, 2.05) is 0 Å². The summed E-state index contributed by atoms with van der Waals surface area (Å²) in [5.41, 5.74) is -1.45. The van der Waals surface area contributed by atoms with Crippen molar-refractivity contribution in [2.75, 3.05) is 7.05 Å². The predicted octanol–water partition coefficient (Wildman–Crippen LogP) is 5.95. The molecular weight excluding hydrogens is 486 g/mol. The quantitative estimate of drug-likeness (QED) is 0.472. The Morgan fingerprint density at radius 3 is 1.28 bits per heavy atom. The lowest BCUT2D eigenvalue weighted by molar-refractivity contribution is -0.291. The Bertz CT molecular complexity index is 757. The van der Waals surface area contributed by atoms with Crippen LogP contribution in [0.1, 0.15) is 24.4 Å². The van der Waals surface area contributed by atoms with E-state index >= 15 is 0 Å². The molecule has 1 atom stereocenters. The molecule has 17 heteroatoms. The van der Waals surface area contributed by atoms with Crippen LogP contribution in [0, 0.1) is 5.92 Å². The summed E-state index contributed by atoms with van der Waals surface area (Å²) < 4.78 is 167. The summed E-state index contributed by atoms with van der Waals surface area (Å²) in [6.45, 7) is 0. The Morgan fingerprint density at radius 2 is 1.03 bits per heavy atom. The molecule has 0 bridgehead atoms. The molecular formula is C15H11F12NO4. The second-order valence-corrected chi connectivity index (χ2v) is 6.24. The molecule has 1 aliphatic rings. The molecule has 0 aliphatic heterocycles. The van der Waals surface area contributed by atoms with Crippen LogP contribution in [0.4, 0.5) is 52.7 Å². The monoisotopic (exact) mass is 497 g/mol. The molecule has 0 radical (unpaired) electrons. The smallest absolute Gasteiger partial charge is 0.402 e. The lowest BCUT2D eigenvalue weighted by Crippen LogP contribution is -2.28. The lowest BCUT2D eigenvalue weighted by atomic mass is 9.98. The Morgan fingerprint density at radius 1 is 0.688 bits per heavy atom. The number of alkyl halides is 12. The van der Waals surface area contributed by atoms with E-state index in [0.29, 0.717) is 0 Å². The summed E-state index contributed by atoms with van der Waals surface area (Å²) in [5.74, 6) is -8.78. The molecule has 5 nitrogen and oxygen atoms in total. The maximum atomic E-state index is 12.9. The van der Waals surface area contributed by atoms with Gasteiger partial charge in [0.15, 0.2) is 23.0 Å². The van der Waals surface area contributed by atoms with Gasteiger partial charge >= 0.3 is 25.4 Å². The summed E-state index contributed by atoms with van der Waals surface area (Å²) in [4.78, 5) is 0. The zero-order valence-electron chi connectivity index (χ0n) is 15.3. The average Bonchev–Trinajstić information content (AvgIpc) is 3.34. The highest BCUT2D eigenvalue weighted by molar-refractivity contribution is 5.63. The second kappa shape index (κ2) is 8.47. The van der Waals surface area contributed by atoms with Gasteiger partial charge in [-0.15, -0.1) is 52.7 Å². The Kier molecular flexibility index (Phi) is 6.83. The van der Waals surface area contributed by atoms with Crippen LogP contribution >= 0.6 is 0 Å². The average molecular weight is 497 g/mol. The fourth-order valence-electron chi connectivity index (χ4n) is 2.79. The molecule has 0 spiro atoms. The molecule has 0 amide bonds. The van der Waals surface area contributed by atoms with E-state index in [1.54, 1.807) is 0 Å². The van der Waals surface area contributed by atoms with Crippen molar-refractivity contribution in [2.24, 2.45) is 5.92 Å². The van der Waals surface area contributed by atoms with Crippen molar-refractivity contribution in [1.82, 2.24) is 5.32 Å². The molecule has 0 heterocycles. The second-order valence-electron chi connectivity index (χ2n) is 6.24. The van der Waals surface area contributed by atoms with E-state index < -0.39 is 72.0 Å². The molecule has 1 saturated carbocycles. The van der Waals surface area contributed by atoms with Crippen LogP contribution in [0.15, 0.2) is 6.07 Å². The number of rotatable bonds is 7. The highest BCUT2D eigenvalue weighted by atomic mass is 19.4. The van der Waals surface area contributed by atoms with Gasteiger partial charge in [-0.25, -0.2) is 0 Å². The van der Waals surface area contributed by atoms with Gasteiger partial charge in [0.05, 0.1) is 5.56 Å². The number of nitrogens with one attached hydrogen (secondary N) is 1.